The number of benzene rings is 1. The molecule has 0 atom stereocenters. The molecule has 0 aliphatic rings. The number of aromatic nitrogens is 2. The van der Waals surface area contributed by atoms with Gasteiger partial charge in [0.05, 0.1) is 0 Å². The molecule has 2 aromatic rings. The second kappa shape index (κ2) is 6.83. The maximum absolute atomic E-state index is 11.5. The molecule has 2 rings (SSSR count). The van der Waals surface area contributed by atoms with Crippen LogP contribution in [0.5, 0.6) is 0 Å². The fourth-order valence-corrected chi connectivity index (χ4v) is 1.92. The van der Waals surface area contributed by atoms with Crippen LogP contribution < -0.4 is 10.6 Å². The Labute approximate surface area is 124 Å². The molecule has 0 radical (unpaired) electrons. The van der Waals surface area contributed by atoms with Gasteiger partial charge in [-0.25, -0.2) is 0 Å². The van der Waals surface area contributed by atoms with E-state index in [1.54, 1.807) is 12.1 Å². The van der Waals surface area contributed by atoms with E-state index in [1.807, 2.05) is 19.1 Å². The summed E-state index contributed by atoms with van der Waals surface area (Å²) in [5.41, 5.74) is 3.41. The van der Waals surface area contributed by atoms with Crippen molar-refractivity contribution >= 4 is 23.2 Å². The SMILES string of the molecule is CCCC(=O)Nc1ccc(Nc2cccc(C)c2C)nn1. The lowest BCUT2D eigenvalue weighted by Crippen LogP contribution is -2.12. The molecule has 0 spiro atoms. The molecule has 5 nitrogen and oxygen atoms in total. The quantitative estimate of drug-likeness (QED) is 0.880. The highest BCUT2D eigenvalue weighted by molar-refractivity contribution is 5.89. The number of nitrogens with one attached hydrogen (secondary N) is 2. The molecule has 0 aliphatic heterocycles. The number of rotatable bonds is 5. The monoisotopic (exact) mass is 284 g/mol. The largest absolute Gasteiger partial charge is 0.339 e. The summed E-state index contributed by atoms with van der Waals surface area (Å²) in [5.74, 6) is 1.08. The van der Waals surface area contributed by atoms with Gasteiger partial charge in [-0.3, -0.25) is 4.79 Å². The van der Waals surface area contributed by atoms with E-state index in [1.165, 1.54) is 11.1 Å². The zero-order chi connectivity index (χ0) is 15.2. The Balaban J connectivity index is 2.05. The second-order valence-electron chi connectivity index (χ2n) is 4.97. The van der Waals surface area contributed by atoms with Crippen LogP contribution in [-0.4, -0.2) is 16.1 Å². The van der Waals surface area contributed by atoms with Crippen molar-refractivity contribution in [2.24, 2.45) is 0 Å². The van der Waals surface area contributed by atoms with Crippen molar-refractivity contribution in [3.8, 4) is 0 Å². The Morgan fingerprint density at radius 1 is 1.10 bits per heavy atom. The Kier molecular flexibility index (Phi) is 4.87. The molecule has 1 heterocycles. The summed E-state index contributed by atoms with van der Waals surface area (Å²) in [6.07, 6.45) is 1.30. The summed E-state index contributed by atoms with van der Waals surface area (Å²) in [5, 5.41) is 14.0. The van der Waals surface area contributed by atoms with Crippen LogP contribution in [0.25, 0.3) is 0 Å². The summed E-state index contributed by atoms with van der Waals surface area (Å²) in [6, 6.07) is 9.61. The van der Waals surface area contributed by atoms with Gasteiger partial charge >= 0.3 is 0 Å². The molecule has 1 aromatic heterocycles. The summed E-state index contributed by atoms with van der Waals surface area (Å²) in [7, 11) is 0. The number of hydrogen-bond acceptors (Lipinski definition) is 4. The summed E-state index contributed by atoms with van der Waals surface area (Å²) in [4.78, 5) is 11.5. The number of carbonyl (C=O) groups is 1. The van der Waals surface area contributed by atoms with E-state index in [9.17, 15) is 4.79 Å². The molecule has 0 saturated heterocycles. The molecular weight excluding hydrogens is 264 g/mol. The van der Waals surface area contributed by atoms with E-state index < -0.39 is 0 Å². The van der Waals surface area contributed by atoms with Crippen molar-refractivity contribution < 1.29 is 4.79 Å². The number of hydrogen-bond donors (Lipinski definition) is 2. The molecule has 5 heteroatoms. The zero-order valence-electron chi connectivity index (χ0n) is 12.6. The molecule has 110 valence electrons. The third-order valence-electron chi connectivity index (χ3n) is 3.28. The van der Waals surface area contributed by atoms with Crippen molar-refractivity contribution in [2.45, 2.75) is 33.6 Å². The number of nitrogens with zero attached hydrogens (tertiary/aromatic N) is 2. The van der Waals surface area contributed by atoms with Gasteiger partial charge in [0, 0.05) is 12.1 Å². The first-order valence-corrected chi connectivity index (χ1v) is 7.07. The molecule has 1 amide bonds. The van der Waals surface area contributed by atoms with Crippen LogP contribution >= 0.6 is 0 Å². The average Bonchev–Trinajstić information content (AvgIpc) is 2.46. The minimum absolute atomic E-state index is 0.0398. The number of anilines is 3. The van der Waals surface area contributed by atoms with E-state index >= 15 is 0 Å². The molecule has 21 heavy (non-hydrogen) atoms. The topological polar surface area (TPSA) is 66.9 Å². The van der Waals surface area contributed by atoms with Gasteiger partial charge in [-0.2, -0.15) is 0 Å². The molecule has 2 N–H and O–H groups in total. The third kappa shape index (κ3) is 4.02. The van der Waals surface area contributed by atoms with Crippen LogP contribution in [0.15, 0.2) is 30.3 Å². The zero-order valence-corrected chi connectivity index (χ0v) is 12.6. The van der Waals surface area contributed by atoms with Crippen molar-refractivity contribution in [2.75, 3.05) is 10.6 Å². The Morgan fingerprint density at radius 3 is 2.48 bits per heavy atom. The predicted molar refractivity (Wildman–Crippen MR) is 84.8 cm³/mol. The minimum atomic E-state index is -0.0398. The van der Waals surface area contributed by atoms with Crippen molar-refractivity contribution in [3.63, 3.8) is 0 Å². The number of aryl methyl sites for hydroxylation is 1. The summed E-state index contributed by atoms with van der Waals surface area (Å²) >= 11 is 0. The molecule has 0 fully saturated rings. The number of carbonyl (C=O) groups excluding carboxylic acids is 1. The van der Waals surface area contributed by atoms with Crippen LogP contribution in [0.4, 0.5) is 17.3 Å². The van der Waals surface area contributed by atoms with Gasteiger partial charge < -0.3 is 10.6 Å². The Morgan fingerprint density at radius 2 is 1.81 bits per heavy atom. The summed E-state index contributed by atoms with van der Waals surface area (Å²) in [6.45, 7) is 6.09. The van der Waals surface area contributed by atoms with Crippen molar-refractivity contribution in [1.29, 1.82) is 0 Å². The van der Waals surface area contributed by atoms with Crippen molar-refractivity contribution in [1.82, 2.24) is 10.2 Å². The van der Waals surface area contributed by atoms with Gasteiger partial charge in [-0.1, -0.05) is 19.1 Å². The van der Waals surface area contributed by atoms with Crippen molar-refractivity contribution in [3.05, 3.63) is 41.5 Å². The van der Waals surface area contributed by atoms with Gasteiger partial charge in [0.25, 0.3) is 0 Å². The van der Waals surface area contributed by atoms with E-state index in [0.717, 1.165) is 12.1 Å². The molecule has 0 unspecified atom stereocenters. The lowest BCUT2D eigenvalue weighted by Gasteiger charge is -2.10. The van der Waals surface area contributed by atoms with Gasteiger partial charge in [0.1, 0.15) is 0 Å². The first-order chi connectivity index (χ1) is 10.1. The lowest BCUT2D eigenvalue weighted by molar-refractivity contribution is -0.116. The molecule has 0 aliphatic carbocycles. The van der Waals surface area contributed by atoms with Crippen LogP contribution in [0.1, 0.15) is 30.9 Å². The first kappa shape index (κ1) is 15.0. The fourth-order valence-electron chi connectivity index (χ4n) is 1.92. The molecular formula is C16H20N4O. The first-order valence-electron chi connectivity index (χ1n) is 7.07. The van der Waals surface area contributed by atoms with Gasteiger partial charge in [-0.05, 0) is 49.6 Å². The van der Waals surface area contributed by atoms with Crippen LogP contribution in [0, 0.1) is 13.8 Å². The summed E-state index contributed by atoms with van der Waals surface area (Å²) < 4.78 is 0. The fraction of sp³-hybridized carbons (Fsp3) is 0.312. The van der Waals surface area contributed by atoms with E-state index in [0.29, 0.717) is 18.1 Å². The maximum atomic E-state index is 11.5. The van der Waals surface area contributed by atoms with Crippen LogP contribution in [0.3, 0.4) is 0 Å². The Hall–Kier alpha value is -2.43. The van der Waals surface area contributed by atoms with Gasteiger partial charge in [0.2, 0.25) is 5.91 Å². The average molecular weight is 284 g/mol. The van der Waals surface area contributed by atoms with Gasteiger partial charge in [-0.15, -0.1) is 10.2 Å². The minimum Gasteiger partial charge on any atom is -0.339 e. The number of amides is 1. The molecule has 1 aromatic carbocycles. The normalized spacial score (nSPS) is 10.2. The standard InChI is InChI=1S/C16H20N4O/c1-4-6-16(21)18-15-10-9-14(19-20-15)17-13-8-5-7-11(2)12(13)3/h5,7-10H,4,6H2,1-3H3,(H,17,19)(H,18,20,21). The highest BCUT2D eigenvalue weighted by Gasteiger charge is 2.05. The third-order valence-corrected chi connectivity index (χ3v) is 3.28. The Bertz CT molecular complexity index is 623. The van der Waals surface area contributed by atoms with Crippen LogP contribution in [0.2, 0.25) is 0 Å². The van der Waals surface area contributed by atoms with E-state index in [2.05, 4.69) is 40.7 Å². The second-order valence-corrected chi connectivity index (χ2v) is 4.97. The predicted octanol–water partition coefficient (Wildman–Crippen LogP) is 3.58. The van der Waals surface area contributed by atoms with E-state index in [-0.39, 0.29) is 5.91 Å². The molecule has 0 bridgehead atoms. The van der Waals surface area contributed by atoms with E-state index in [4.69, 9.17) is 0 Å². The lowest BCUT2D eigenvalue weighted by atomic mass is 10.1. The highest BCUT2D eigenvalue weighted by Crippen LogP contribution is 2.21. The maximum Gasteiger partial charge on any atom is 0.225 e. The van der Waals surface area contributed by atoms with Gasteiger partial charge in [0.15, 0.2) is 11.6 Å². The smallest absolute Gasteiger partial charge is 0.225 e. The highest BCUT2D eigenvalue weighted by atomic mass is 16.1. The van der Waals surface area contributed by atoms with Crippen LogP contribution in [-0.2, 0) is 4.79 Å². The molecule has 0 saturated carbocycles.